The van der Waals surface area contributed by atoms with Gasteiger partial charge in [-0.3, -0.25) is 4.99 Å². The number of anilines is 1. The van der Waals surface area contributed by atoms with E-state index >= 15 is 0 Å². The van der Waals surface area contributed by atoms with Gasteiger partial charge in [0.1, 0.15) is 0 Å². The number of nitrogens with one attached hydrogen (secondary N) is 1. The van der Waals surface area contributed by atoms with Gasteiger partial charge < -0.3 is 10.2 Å². The lowest BCUT2D eigenvalue weighted by Gasteiger charge is -2.31. The number of likely N-dealkylation sites (tertiary alicyclic amines) is 1. The average molecular weight is 350 g/mol. The largest absolute Gasteiger partial charge is 0.343 e. The van der Waals surface area contributed by atoms with Crippen molar-refractivity contribution in [3.63, 3.8) is 0 Å². The van der Waals surface area contributed by atoms with E-state index in [1.165, 1.54) is 19.3 Å². The van der Waals surface area contributed by atoms with Gasteiger partial charge in [0.2, 0.25) is 0 Å². The minimum Gasteiger partial charge on any atom is -0.343 e. The zero-order chi connectivity index (χ0) is 16.8. The van der Waals surface area contributed by atoms with Crippen LogP contribution in [0.3, 0.4) is 0 Å². The Morgan fingerprint density at radius 2 is 1.88 bits per heavy atom. The second-order valence-corrected chi connectivity index (χ2v) is 9.05. The van der Waals surface area contributed by atoms with Crippen LogP contribution in [0.1, 0.15) is 32.1 Å². The van der Waals surface area contributed by atoms with Gasteiger partial charge >= 0.3 is 0 Å². The molecule has 6 heteroatoms. The van der Waals surface area contributed by atoms with E-state index in [1.807, 2.05) is 30.3 Å². The Hall–Kier alpha value is -1.56. The summed E-state index contributed by atoms with van der Waals surface area (Å²) in [6.07, 6.45) is 5.38. The molecule has 1 aromatic rings. The molecule has 0 amide bonds. The third-order valence-electron chi connectivity index (χ3n) is 4.74. The van der Waals surface area contributed by atoms with Gasteiger partial charge in [-0.2, -0.15) is 0 Å². The van der Waals surface area contributed by atoms with Crippen molar-refractivity contribution in [2.75, 3.05) is 36.5 Å². The molecule has 3 rings (SSSR count). The molecule has 1 N–H and O–H groups in total. The summed E-state index contributed by atoms with van der Waals surface area (Å²) in [5.41, 5.74) is 1.03. The summed E-state index contributed by atoms with van der Waals surface area (Å²) in [4.78, 5) is 7.10. The molecule has 1 aromatic carbocycles. The van der Waals surface area contributed by atoms with E-state index in [1.54, 1.807) is 0 Å². The summed E-state index contributed by atoms with van der Waals surface area (Å²) < 4.78 is 23.6. The maximum atomic E-state index is 11.8. The van der Waals surface area contributed by atoms with Gasteiger partial charge in [-0.25, -0.2) is 8.42 Å². The van der Waals surface area contributed by atoms with Gasteiger partial charge in [-0.15, -0.1) is 0 Å². The number of guanidine groups is 1. The zero-order valence-corrected chi connectivity index (χ0v) is 15.0. The van der Waals surface area contributed by atoms with Gasteiger partial charge in [-0.05, 0) is 50.2 Å². The van der Waals surface area contributed by atoms with E-state index < -0.39 is 9.84 Å². The van der Waals surface area contributed by atoms with Crippen LogP contribution in [0.5, 0.6) is 0 Å². The molecule has 1 atom stereocenters. The topological polar surface area (TPSA) is 61.8 Å². The molecule has 2 fully saturated rings. The predicted molar refractivity (Wildman–Crippen MR) is 99.2 cm³/mol. The van der Waals surface area contributed by atoms with Crippen LogP contribution in [-0.2, 0) is 9.84 Å². The van der Waals surface area contributed by atoms with E-state index in [2.05, 4.69) is 10.2 Å². The predicted octanol–water partition coefficient (Wildman–Crippen LogP) is 2.77. The fourth-order valence-electron chi connectivity index (χ4n) is 3.45. The van der Waals surface area contributed by atoms with Gasteiger partial charge in [-0.1, -0.05) is 18.2 Å². The molecule has 2 saturated heterocycles. The molecule has 2 aliphatic heterocycles. The SMILES string of the molecule is O=S1(=O)CCCC(CN=C(Nc2ccccc2)N2CCCCC2)C1. The number of aliphatic imine (C=N–C) groups is 1. The number of nitrogens with zero attached hydrogens (tertiary/aromatic N) is 2. The maximum absolute atomic E-state index is 11.8. The molecule has 2 heterocycles. The highest BCUT2D eigenvalue weighted by atomic mass is 32.2. The lowest BCUT2D eigenvalue weighted by Crippen LogP contribution is -2.40. The van der Waals surface area contributed by atoms with Gasteiger partial charge in [0.15, 0.2) is 15.8 Å². The Bertz CT molecular complexity index is 652. The number of sulfone groups is 1. The number of benzene rings is 1. The van der Waals surface area contributed by atoms with Gasteiger partial charge in [0.05, 0.1) is 11.5 Å². The Labute approximate surface area is 145 Å². The van der Waals surface area contributed by atoms with Crippen molar-refractivity contribution < 1.29 is 8.42 Å². The molecule has 2 aliphatic rings. The smallest absolute Gasteiger partial charge is 0.198 e. The van der Waals surface area contributed by atoms with E-state index in [4.69, 9.17) is 4.99 Å². The van der Waals surface area contributed by atoms with Crippen LogP contribution in [0.2, 0.25) is 0 Å². The number of hydrogen-bond acceptors (Lipinski definition) is 3. The number of para-hydroxylation sites is 1. The maximum Gasteiger partial charge on any atom is 0.198 e. The molecule has 24 heavy (non-hydrogen) atoms. The molecule has 1 unspecified atom stereocenters. The molecule has 0 radical (unpaired) electrons. The molecule has 0 aromatic heterocycles. The van der Waals surface area contributed by atoms with Crippen LogP contribution in [0.4, 0.5) is 5.69 Å². The zero-order valence-electron chi connectivity index (χ0n) is 14.2. The quantitative estimate of drug-likeness (QED) is 0.673. The fraction of sp³-hybridized carbons (Fsp3) is 0.611. The first-order valence-electron chi connectivity index (χ1n) is 8.94. The van der Waals surface area contributed by atoms with Crippen molar-refractivity contribution in [2.45, 2.75) is 32.1 Å². The Kier molecular flexibility index (Phi) is 5.76. The Morgan fingerprint density at radius 1 is 1.12 bits per heavy atom. The van der Waals surface area contributed by atoms with E-state index in [0.717, 1.165) is 37.6 Å². The summed E-state index contributed by atoms with van der Waals surface area (Å²) >= 11 is 0. The van der Waals surface area contributed by atoms with Crippen molar-refractivity contribution in [1.82, 2.24) is 4.90 Å². The summed E-state index contributed by atoms with van der Waals surface area (Å²) in [5.74, 6) is 1.67. The molecule has 0 bridgehead atoms. The van der Waals surface area contributed by atoms with Crippen LogP contribution in [0.25, 0.3) is 0 Å². The van der Waals surface area contributed by atoms with E-state index in [0.29, 0.717) is 12.3 Å². The first kappa shape index (κ1) is 17.3. The molecular formula is C18H27N3O2S. The van der Waals surface area contributed by atoms with Crippen molar-refractivity contribution in [3.8, 4) is 0 Å². The summed E-state index contributed by atoms with van der Waals surface area (Å²) in [5, 5.41) is 3.44. The van der Waals surface area contributed by atoms with Crippen LogP contribution >= 0.6 is 0 Å². The molecular weight excluding hydrogens is 322 g/mol. The minimum atomic E-state index is -2.87. The normalized spacial score (nSPS) is 24.6. The van der Waals surface area contributed by atoms with Crippen LogP contribution in [-0.4, -0.2) is 50.4 Å². The standard InChI is InChI=1S/C18H27N3O2S/c22-24(23)13-7-8-16(15-24)14-19-18(21-11-5-2-6-12-21)20-17-9-3-1-4-10-17/h1,3-4,9-10,16H,2,5-8,11-15H2,(H,19,20). The van der Waals surface area contributed by atoms with Crippen molar-refractivity contribution >= 4 is 21.5 Å². The van der Waals surface area contributed by atoms with Crippen LogP contribution in [0.15, 0.2) is 35.3 Å². The second kappa shape index (κ2) is 8.01. The number of piperidine rings is 1. The number of hydrogen-bond donors (Lipinski definition) is 1. The number of rotatable bonds is 3. The summed E-state index contributed by atoms with van der Waals surface area (Å²) in [6, 6.07) is 10.1. The van der Waals surface area contributed by atoms with Gasteiger partial charge in [0, 0.05) is 25.3 Å². The monoisotopic (exact) mass is 349 g/mol. The summed E-state index contributed by atoms with van der Waals surface area (Å²) in [7, 11) is -2.87. The van der Waals surface area contributed by atoms with E-state index in [-0.39, 0.29) is 11.7 Å². The average Bonchev–Trinajstić information content (AvgIpc) is 2.59. The molecule has 132 valence electrons. The summed E-state index contributed by atoms with van der Waals surface area (Å²) in [6.45, 7) is 2.62. The van der Waals surface area contributed by atoms with Gasteiger partial charge in [0.25, 0.3) is 0 Å². The lowest BCUT2D eigenvalue weighted by molar-refractivity contribution is 0.339. The molecule has 0 saturated carbocycles. The van der Waals surface area contributed by atoms with Crippen molar-refractivity contribution in [1.29, 1.82) is 0 Å². The lowest BCUT2D eigenvalue weighted by atomic mass is 10.1. The first-order valence-corrected chi connectivity index (χ1v) is 10.8. The van der Waals surface area contributed by atoms with Crippen LogP contribution < -0.4 is 5.32 Å². The Balaban J connectivity index is 1.70. The fourth-order valence-corrected chi connectivity index (χ4v) is 5.22. The van der Waals surface area contributed by atoms with Crippen molar-refractivity contribution in [3.05, 3.63) is 30.3 Å². The van der Waals surface area contributed by atoms with Crippen molar-refractivity contribution in [2.24, 2.45) is 10.9 Å². The molecule has 0 spiro atoms. The second-order valence-electron chi connectivity index (χ2n) is 6.83. The first-order chi connectivity index (χ1) is 11.6. The third-order valence-corrected chi connectivity index (χ3v) is 6.63. The highest BCUT2D eigenvalue weighted by Crippen LogP contribution is 2.19. The minimum absolute atomic E-state index is 0.154. The van der Waals surface area contributed by atoms with Crippen LogP contribution in [0, 0.1) is 5.92 Å². The Morgan fingerprint density at radius 3 is 2.58 bits per heavy atom. The highest BCUT2D eigenvalue weighted by Gasteiger charge is 2.25. The highest BCUT2D eigenvalue weighted by molar-refractivity contribution is 7.91. The molecule has 0 aliphatic carbocycles. The molecule has 5 nitrogen and oxygen atoms in total. The third kappa shape index (κ3) is 4.97. The van der Waals surface area contributed by atoms with E-state index in [9.17, 15) is 8.42 Å².